The fourth-order valence-corrected chi connectivity index (χ4v) is 2.47. The van der Waals surface area contributed by atoms with Crippen LogP contribution in [0.1, 0.15) is 0 Å². The Hall–Kier alpha value is -1.30. The fourth-order valence-electron chi connectivity index (χ4n) is 1.53. The second kappa shape index (κ2) is 2.51. The average Bonchev–Trinajstić information content (AvgIpc) is 2.13. The maximum Gasteiger partial charge on any atom is 0.311 e. The molecule has 0 nitrogen and oxygen atoms in total. The molecule has 0 atom stereocenters. The molecule has 0 saturated heterocycles. The third kappa shape index (κ3) is 1.97. The van der Waals surface area contributed by atoms with E-state index >= 15 is 0 Å². The monoisotopic (exact) mass is 254 g/mol. The SMILES string of the molecule is FS(F)(F)(F)(F)c1cccc2ccccc12. The van der Waals surface area contributed by atoms with Crippen LogP contribution in [0.25, 0.3) is 10.8 Å². The van der Waals surface area contributed by atoms with Gasteiger partial charge in [0.15, 0.2) is 0 Å². The highest BCUT2D eigenvalue weighted by Gasteiger charge is 2.66. The van der Waals surface area contributed by atoms with E-state index in [0.717, 1.165) is 12.1 Å². The van der Waals surface area contributed by atoms with Crippen LogP contribution in [0.5, 0.6) is 0 Å². The van der Waals surface area contributed by atoms with Gasteiger partial charge in [0, 0.05) is 5.39 Å². The van der Waals surface area contributed by atoms with E-state index in [2.05, 4.69) is 0 Å². The van der Waals surface area contributed by atoms with Gasteiger partial charge in [0.2, 0.25) is 0 Å². The maximum atomic E-state index is 12.7. The van der Waals surface area contributed by atoms with Gasteiger partial charge in [0.25, 0.3) is 0 Å². The molecule has 2 rings (SSSR count). The molecule has 0 bridgehead atoms. The summed E-state index contributed by atoms with van der Waals surface area (Å²) < 4.78 is 63.4. The molecule has 0 aliphatic rings. The molecule has 2 aromatic rings. The number of benzene rings is 2. The molecule has 88 valence electrons. The third-order valence-electron chi connectivity index (χ3n) is 2.17. The second-order valence-electron chi connectivity index (χ2n) is 3.45. The lowest BCUT2D eigenvalue weighted by molar-refractivity contribution is 0.365. The van der Waals surface area contributed by atoms with Crippen LogP contribution in [0.3, 0.4) is 0 Å². The molecule has 0 fully saturated rings. The molecule has 0 spiro atoms. The van der Waals surface area contributed by atoms with Gasteiger partial charge in [-0.2, -0.15) is 0 Å². The summed E-state index contributed by atoms with van der Waals surface area (Å²) in [6.07, 6.45) is 0. The highest BCUT2D eigenvalue weighted by atomic mass is 32.5. The molecule has 0 N–H and O–H groups in total. The Bertz CT molecular complexity index is 552. The third-order valence-corrected chi connectivity index (χ3v) is 3.35. The molecule has 0 aliphatic carbocycles. The predicted octanol–water partition coefficient (Wildman–Crippen LogP) is 5.50. The maximum absolute atomic E-state index is 12.7. The topological polar surface area (TPSA) is 0 Å². The van der Waals surface area contributed by atoms with Crippen molar-refractivity contribution >= 4 is 21.0 Å². The van der Waals surface area contributed by atoms with Gasteiger partial charge in [-0.05, 0) is 11.5 Å². The first-order chi connectivity index (χ1) is 7.08. The van der Waals surface area contributed by atoms with E-state index in [9.17, 15) is 19.4 Å². The second-order valence-corrected chi connectivity index (χ2v) is 5.82. The summed E-state index contributed by atoms with van der Waals surface area (Å²) >= 11 is 0. The molecule has 2 aromatic carbocycles. The fraction of sp³-hybridized carbons (Fsp3) is 0. The molecule has 0 aliphatic heterocycles. The molecule has 0 radical (unpaired) electrons. The summed E-state index contributed by atoms with van der Waals surface area (Å²) in [7, 11) is -9.61. The largest absolute Gasteiger partial charge is 0.311 e. The van der Waals surface area contributed by atoms with Gasteiger partial charge in [-0.25, -0.2) is 0 Å². The van der Waals surface area contributed by atoms with E-state index < -0.39 is 20.5 Å². The molecule has 0 aromatic heterocycles. The van der Waals surface area contributed by atoms with Gasteiger partial charge >= 0.3 is 10.2 Å². The van der Waals surface area contributed by atoms with Crippen molar-refractivity contribution in [2.45, 2.75) is 4.90 Å². The zero-order valence-electron chi connectivity index (χ0n) is 7.84. The normalized spacial score (nSPS) is 16.8. The number of rotatable bonds is 1. The van der Waals surface area contributed by atoms with Crippen molar-refractivity contribution in [1.82, 2.24) is 0 Å². The average molecular weight is 254 g/mol. The van der Waals surface area contributed by atoms with Gasteiger partial charge < -0.3 is 0 Å². The molecule has 0 amide bonds. The van der Waals surface area contributed by atoms with Crippen molar-refractivity contribution in [1.29, 1.82) is 0 Å². The lowest BCUT2D eigenvalue weighted by atomic mass is 10.1. The quantitative estimate of drug-likeness (QED) is 0.589. The molecular weight excluding hydrogens is 247 g/mol. The van der Waals surface area contributed by atoms with E-state index in [-0.39, 0.29) is 5.39 Å². The minimum absolute atomic E-state index is 0.147. The molecule has 0 heterocycles. The van der Waals surface area contributed by atoms with Crippen LogP contribution in [-0.4, -0.2) is 0 Å². The Morgan fingerprint density at radius 1 is 0.688 bits per heavy atom. The lowest BCUT2D eigenvalue weighted by Gasteiger charge is -2.41. The van der Waals surface area contributed by atoms with Gasteiger partial charge in [-0.15, -0.1) is 0 Å². The first kappa shape index (κ1) is 11.2. The number of fused-ring (bicyclic) bond motifs is 1. The van der Waals surface area contributed by atoms with E-state index in [1.165, 1.54) is 24.3 Å². The van der Waals surface area contributed by atoms with Crippen molar-refractivity contribution in [3.63, 3.8) is 0 Å². The van der Waals surface area contributed by atoms with Crippen LogP contribution >= 0.6 is 10.2 Å². The van der Waals surface area contributed by atoms with E-state index in [1.807, 2.05) is 0 Å². The summed E-state index contributed by atoms with van der Waals surface area (Å²) in [6, 6.07) is 7.97. The lowest BCUT2D eigenvalue weighted by Crippen LogP contribution is -2.06. The highest BCUT2D eigenvalue weighted by Crippen LogP contribution is 3.02. The van der Waals surface area contributed by atoms with Gasteiger partial charge in [-0.1, -0.05) is 55.8 Å². The molecule has 0 saturated carbocycles. The van der Waals surface area contributed by atoms with E-state index in [0.29, 0.717) is 6.07 Å². The van der Waals surface area contributed by atoms with Gasteiger partial charge in [-0.3, -0.25) is 0 Å². The van der Waals surface area contributed by atoms with E-state index in [1.54, 1.807) is 0 Å². The zero-order valence-corrected chi connectivity index (χ0v) is 8.66. The summed E-state index contributed by atoms with van der Waals surface area (Å²) in [5.74, 6) is 0. The first-order valence-electron chi connectivity index (χ1n) is 4.30. The van der Waals surface area contributed by atoms with E-state index in [4.69, 9.17) is 0 Å². The minimum atomic E-state index is -9.61. The number of hydrogen-bond acceptors (Lipinski definition) is 0. The first-order valence-corrected chi connectivity index (χ1v) is 6.25. The van der Waals surface area contributed by atoms with Crippen LogP contribution in [0, 0.1) is 0 Å². The summed E-state index contributed by atoms with van der Waals surface area (Å²) in [5.41, 5.74) is 0. The molecule has 16 heavy (non-hydrogen) atoms. The minimum Gasteiger partial charge on any atom is -0.0936 e. The number of hydrogen-bond donors (Lipinski definition) is 0. The Kier molecular flexibility index (Phi) is 1.75. The van der Waals surface area contributed by atoms with Crippen LogP contribution in [0.2, 0.25) is 0 Å². The van der Waals surface area contributed by atoms with Gasteiger partial charge in [0.1, 0.15) is 4.90 Å². The molecule has 6 heteroatoms. The Morgan fingerprint density at radius 3 is 1.88 bits per heavy atom. The number of halogens is 5. The van der Waals surface area contributed by atoms with Gasteiger partial charge in [0.05, 0.1) is 0 Å². The van der Waals surface area contributed by atoms with Crippen LogP contribution in [0.4, 0.5) is 19.4 Å². The standard InChI is InChI=1S/C10H7F5S/c11-16(12,13,14,15)10-7-3-5-8-4-1-2-6-9(8)10/h1-7H. The van der Waals surface area contributed by atoms with Crippen molar-refractivity contribution < 1.29 is 19.4 Å². The summed E-state index contributed by atoms with van der Waals surface area (Å²) in [5, 5.41) is -0.322. The highest BCUT2D eigenvalue weighted by molar-refractivity contribution is 8.46. The van der Waals surface area contributed by atoms with Crippen molar-refractivity contribution in [2.75, 3.05) is 0 Å². The predicted molar refractivity (Wildman–Crippen MR) is 55.3 cm³/mol. The Morgan fingerprint density at radius 2 is 1.25 bits per heavy atom. The smallest absolute Gasteiger partial charge is 0.0936 e. The van der Waals surface area contributed by atoms with Crippen LogP contribution in [0.15, 0.2) is 47.4 Å². The van der Waals surface area contributed by atoms with Crippen molar-refractivity contribution in [3.8, 4) is 0 Å². The zero-order chi connectivity index (χ0) is 12.1. The Balaban J connectivity index is 2.92. The molecule has 0 unspecified atom stereocenters. The molecular formula is C10H7F5S. The van der Waals surface area contributed by atoms with Crippen LogP contribution < -0.4 is 0 Å². The van der Waals surface area contributed by atoms with Crippen molar-refractivity contribution in [3.05, 3.63) is 42.5 Å². The van der Waals surface area contributed by atoms with Crippen LogP contribution in [-0.2, 0) is 0 Å². The summed E-state index contributed by atoms with van der Waals surface area (Å²) in [4.78, 5) is -1.82. The van der Waals surface area contributed by atoms with Crippen molar-refractivity contribution in [2.24, 2.45) is 0 Å². The summed E-state index contributed by atoms with van der Waals surface area (Å²) in [6.45, 7) is 0. The Labute approximate surface area is 88.4 Å².